The van der Waals surface area contributed by atoms with E-state index >= 15 is 8.78 Å². The zero-order chi connectivity index (χ0) is 26.9. The van der Waals surface area contributed by atoms with Gasteiger partial charge in [0.05, 0.1) is 0 Å². The Labute approximate surface area is 203 Å². The maximum Gasteiger partial charge on any atom is 0.573 e. The van der Waals surface area contributed by atoms with Crippen molar-refractivity contribution in [3.05, 3.63) is 83.7 Å². The number of rotatable bonds is 7. The van der Waals surface area contributed by atoms with Gasteiger partial charge >= 0.3 is 12.3 Å². The minimum Gasteiger partial charge on any atom is -0.406 e. The van der Waals surface area contributed by atoms with Crippen LogP contribution in [0.4, 0.5) is 30.7 Å². The number of aromatic nitrogens is 1. The standard InChI is InChI=1S/C24H19F7N2O2Si/c1-36(2,3)35-22(14-32,19-10-7-17(25)12-20(19)26)23(27,28)21-11-6-16(13-33-21)15-4-8-18(9-5-15)34-24(29,30)31/h4-13H,1-3H3/t22-/m0/s1. The Morgan fingerprint density at radius 3 is 1.94 bits per heavy atom. The van der Waals surface area contributed by atoms with Crippen molar-refractivity contribution < 1.29 is 39.9 Å². The quantitative estimate of drug-likeness (QED) is 0.239. The molecule has 0 unspecified atom stereocenters. The lowest BCUT2D eigenvalue weighted by atomic mass is 9.86. The average Bonchev–Trinajstić information content (AvgIpc) is 2.76. The minimum atomic E-state index is -4.87. The number of halogens is 7. The zero-order valence-electron chi connectivity index (χ0n) is 19.1. The van der Waals surface area contributed by atoms with E-state index in [4.69, 9.17) is 4.43 Å². The fourth-order valence-electron chi connectivity index (χ4n) is 3.46. The highest BCUT2D eigenvalue weighted by atomic mass is 28.4. The molecule has 190 valence electrons. The maximum absolute atomic E-state index is 15.9. The van der Waals surface area contributed by atoms with Crippen LogP contribution in [0.15, 0.2) is 60.8 Å². The summed E-state index contributed by atoms with van der Waals surface area (Å²) < 4.78 is 106. The summed E-state index contributed by atoms with van der Waals surface area (Å²) in [6.07, 6.45) is -3.84. The van der Waals surface area contributed by atoms with Crippen molar-refractivity contribution >= 4 is 8.32 Å². The Morgan fingerprint density at radius 2 is 1.47 bits per heavy atom. The largest absolute Gasteiger partial charge is 0.573 e. The molecule has 1 atom stereocenters. The SMILES string of the molecule is C[Si](C)(C)O[C@@](C#N)(c1ccc(F)cc1F)C(F)(F)c1ccc(-c2ccc(OC(F)(F)F)cc2)cn1. The van der Waals surface area contributed by atoms with E-state index in [1.807, 2.05) is 0 Å². The molecule has 0 N–H and O–H groups in total. The molecule has 36 heavy (non-hydrogen) atoms. The van der Waals surface area contributed by atoms with Crippen LogP contribution in [0.3, 0.4) is 0 Å². The van der Waals surface area contributed by atoms with Crippen molar-refractivity contribution in [2.45, 2.75) is 37.5 Å². The van der Waals surface area contributed by atoms with Crippen LogP contribution in [-0.4, -0.2) is 19.7 Å². The number of hydrogen-bond acceptors (Lipinski definition) is 4. The number of hydrogen-bond donors (Lipinski definition) is 0. The Morgan fingerprint density at radius 1 is 0.861 bits per heavy atom. The molecule has 0 spiro atoms. The van der Waals surface area contributed by atoms with E-state index in [-0.39, 0.29) is 5.56 Å². The maximum atomic E-state index is 15.9. The topological polar surface area (TPSA) is 55.1 Å². The number of benzene rings is 2. The van der Waals surface area contributed by atoms with Crippen LogP contribution in [-0.2, 0) is 15.9 Å². The van der Waals surface area contributed by atoms with Crippen LogP contribution < -0.4 is 4.74 Å². The molecule has 3 aromatic rings. The highest BCUT2D eigenvalue weighted by Crippen LogP contribution is 2.49. The van der Waals surface area contributed by atoms with Gasteiger partial charge in [0.1, 0.15) is 29.1 Å². The van der Waals surface area contributed by atoms with E-state index < -0.39 is 54.8 Å². The predicted molar refractivity (Wildman–Crippen MR) is 118 cm³/mol. The van der Waals surface area contributed by atoms with Crippen molar-refractivity contribution in [2.75, 3.05) is 0 Å². The van der Waals surface area contributed by atoms with E-state index in [9.17, 15) is 27.2 Å². The molecule has 0 saturated carbocycles. The van der Waals surface area contributed by atoms with Gasteiger partial charge in [-0.2, -0.15) is 14.0 Å². The van der Waals surface area contributed by atoms with E-state index in [1.54, 1.807) is 0 Å². The summed E-state index contributed by atoms with van der Waals surface area (Å²) in [5, 5.41) is 9.91. The first-order valence-electron chi connectivity index (χ1n) is 10.4. The summed E-state index contributed by atoms with van der Waals surface area (Å²) in [6.45, 7) is 4.58. The molecule has 0 aliphatic carbocycles. The van der Waals surface area contributed by atoms with Gasteiger partial charge in [-0.05, 0) is 55.5 Å². The molecule has 12 heteroatoms. The number of alkyl halides is 5. The summed E-state index contributed by atoms with van der Waals surface area (Å²) in [7, 11) is -2.94. The molecule has 0 bridgehead atoms. The lowest BCUT2D eigenvalue weighted by Crippen LogP contribution is -2.51. The number of nitrogens with zero attached hydrogens (tertiary/aromatic N) is 2. The summed E-state index contributed by atoms with van der Waals surface area (Å²) in [5.41, 5.74) is -4.30. The third-order valence-electron chi connectivity index (χ3n) is 4.88. The predicted octanol–water partition coefficient (Wildman–Crippen LogP) is 7.29. The first-order valence-corrected chi connectivity index (χ1v) is 13.8. The summed E-state index contributed by atoms with van der Waals surface area (Å²) >= 11 is 0. The van der Waals surface area contributed by atoms with Crippen LogP contribution in [0, 0.1) is 23.0 Å². The van der Waals surface area contributed by atoms with Gasteiger partial charge in [-0.25, -0.2) is 8.78 Å². The fraction of sp³-hybridized carbons (Fsp3) is 0.250. The average molecular weight is 529 g/mol. The molecule has 2 aromatic carbocycles. The summed E-state index contributed by atoms with van der Waals surface area (Å²) in [4.78, 5) is 3.75. The normalized spacial score (nSPS) is 14.1. The molecule has 0 fully saturated rings. The molecular formula is C24H19F7N2O2Si. The van der Waals surface area contributed by atoms with Gasteiger partial charge in [-0.3, -0.25) is 4.98 Å². The van der Waals surface area contributed by atoms with Gasteiger partial charge in [0, 0.05) is 23.4 Å². The molecule has 1 aromatic heterocycles. The van der Waals surface area contributed by atoms with Crippen LogP contribution in [0.2, 0.25) is 19.6 Å². The Hall–Kier alpha value is -3.43. The van der Waals surface area contributed by atoms with E-state index in [0.29, 0.717) is 11.6 Å². The molecule has 1 heterocycles. The third kappa shape index (κ3) is 5.68. The van der Waals surface area contributed by atoms with Crippen LogP contribution in [0.25, 0.3) is 11.1 Å². The highest BCUT2D eigenvalue weighted by Gasteiger charge is 2.61. The number of ether oxygens (including phenoxy) is 1. The fourth-order valence-corrected chi connectivity index (χ4v) is 4.66. The van der Waals surface area contributed by atoms with Crippen LogP contribution in [0.5, 0.6) is 5.75 Å². The molecule has 0 amide bonds. The lowest BCUT2D eigenvalue weighted by Gasteiger charge is -2.39. The Kier molecular flexibility index (Phi) is 7.21. The van der Waals surface area contributed by atoms with Gasteiger partial charge in [-0.15, -0.1) is 13.2 Å². The van der Waals surface area contributed by atoms with Gasteiger partial charge in [-0.1, -0.05) is 18.2 Å². The van der Waals surface area contributed by atoms with Crippen molar-refractivity contribution in [3.63, 3.8) is 0 Å². The monoisotopic (exact) mass is 528 g/mol. The van der Waals surface area contributed by atoms with E-state index in [1.165, 1.54) is 43.9 Å². The van der Waals surface area contributed by atoms with E-state index in [2.05, 4.69) is 9.72 Å². The number of pyridine rings is 1. The second-order valence-electron chi connectivity index (χ2n) is 8.71. The Bertz CT molecular complexity index is 1270. The first kappa shape index (κ1) is 27.2. The van der Waals surface area contributed by atoms with Crippen LogP contribution in [0.1, 0.15) is 11.3 Å². The van der Waals surface area contributed by atoms with Gasteiger partial charge in [0.15, 0.2) is 8.32 Å². The van der Waals surface area contributed by atoms with Gasteiger partial charge in [0.25, 0.3) is 0 Å². The van der Waals surface area contributed by atoms with E-state index in [0.717, 1.165) is 36.5 Å². The van der Waals surface area contributed by atoms with Crippen molar-refractivity contribution in [3.8, 4) is 22.9 Å². The summed E-state index contributed by atoms with van der Waals surface area (Å²) in [5.74, 6) is -7.06. The highest BCUT2D eigenvalue weighted by molar-refractivity contribution is 6.69. The second kappa shape index (κ2) is 9.55. The molecule has 0 radical (unpaired) electrons. The third-order valence-corrected chi connectivity index (χ3v) is 5.79. The molecule has 4 nitrogen and oxygen atoms in total. The van der Waals surface area contributed by atoms with Crippen LogP contribution >= 0.6 is 0 Å². The molecule has 0 aliphatic heterocycles. The first-order chi connectivity index (χ1) is 16.6. The molecular weight excluding hydrogens is 509 g/mol. The van der Waals surface area contributed by atoms with Gasteiger partial charge in [0.2, 0.25) is 5.60 Å². The Balaban J connectivity index is 2.04. The van der Waals surface area contributed by atoms with Crippen molar-refractivity contribution in [1.29, 1.82) is 5.26 Å². The minimum absolute atomic E-state index is 0.273. The van der Waals surface area contributed by atoms with Crippen molar-refractivity contribution in [1.82, 2.24) is 4.98 Å². The number of nitriles is 1. The smallest absolute Gasteiger partial charge is 0.406 e. The van der Waals surface area contributed by atoms with Gasteiger partial charge < -0.3 is 9.16 Å². The zero-order valence-corrected chi connectivity index (χ0v) is 20.1. The second-order valence-corrected chi connectivity index (χ2v) is 13.1. The van der Waals surface area contributed by atoms with Crippen molar-refractivity contribution in [2.24, 2.45) is 0 Å². The summed E-state index contributed by atoms with van der Waals surface area (Å²) in [6, 6.07) is 10.0. The molecule has 3 rings (SSSR count). The molecule has 0 saturated heterocycles. The lowest BCUT2D eigenvalue weighted by molar-refractivity contribution is -0.274. The molecule has 0 aliphatic rings.